The van der Waals surface area contributed by atoms with Crippen molar-refractivity contribution < 1.29 is 23.1 Å². The fourth-order valence-electron chi connectivity index (χ4n) is 3.79. The maximum atomic E-state index is 13.8. The fourth-order valence-corrected chi connectivity index (χ4v) is 3.79. The van der Waals surface area contributed by atoms with Crippen molar-refractivity contribution in [2.75, 3.05) is 49.6 Å². The van der Waals surface area contributed by atoms with Crippen LogP contribution in [-0.4, -0.2) is 62.1 Å². The third kappa shape index (κ3) is 7.21. The van der Waals surface area contributed by atoms with Crippen LogP contribution in [0.2, 0.25) is 0 Å². The van der Waals surface area contributed by atoms with Gasteiger partial charge in [-0.1, -0.05) is 34.6 Å². The zero-order valence-corrected chi connectivity index (χ0v) is 19.6. The number of hydrogen-bond donors (Lipinski definition) is 1. The minimum atomic E-state index is -2.84. The number of amides is 2. The van der Waals surface area contributed by atoms with E-state index in [1.54, 1.807) is 6.07 Å². The molecule has 7 nitrogen and oxygen atoms in total. The number of carbonyl (C=O) groups is 2. The molecule has 1 aromatic carbocycles. The summed E-state index contributed by atoms with van der Waals surface area (Å²) in [4.78, 5) is 28.5. The van der Waals surface area contributed by atoms with E-state index in [0.717, 1.165) is 0 Å². The molecule has 0 aliphatic carbocycles. The van der Waals surface area contributed by atoms with E-state index in [9.17, 15) is 18.4 Å². The number of nitrogens with one attached hydrogen (secondary N) is 2. The summed E-state index contributed by atoms with van der Waals surface area (Å²) in [5.41, 5.74) is 7.85. The number of rotatable bonds is 9. The highest BCUT2D eigenvalue weighted by Gasteiger charge is 2.29. The fraction of sp³-hybridized carbons (Fsp3) is 0.652. The lowest BCUT2D eigenvalue weighted by molar-refractivity contribution is -0.125. The van der Waals surface area contributed by atoms with Crippen molar-refractivity contribution >= 4 is 23.2 Å². The lowest BCUT2D eigenvalue weighted by Crippen LogP contribution is -2.50. The Morgan fingerprint density at radius 1 is 1.31 bits per heavy atom. The first-order chi connectivity index (χ1) is 14.9. The molecule has 9 heteroatoms. The smallest absolute Gasteiger partial charge is 0.265 e. The Bertz CT molecular complexity index is 796. The monoisotopic (exact) mass is 453 g/mol. The van der Waals surface area contributed by atoms with E-state index >= 15 is 0 Å². The number of ether oxygens (including phenoxy) is 1. The van der Waals surface area contributed by atoms with E-state index in [1.807, 2.05) is 18.7 Å². The standard InChI is InChI=1S/C23H35F2N4O3/c1-15(2)12-28(14-23(3,4)5)19(11-26)22(31)27-18-7-6-16(10-17(18)21(24)25)29-8-9-32-13-20(29)30/h6-7,10,15,19,21,26H,8-9,11-14H2,1-5H3,(H,27,31)/q-1/t19-/m1/s1. The van der Waals surface area contributed by atoms with Crippen LogP contribution in [0.5, 0.6) is 0 Å². The van der Waals surface area contributed by atoms with E-state index in [0.29, 0.717) is 25.4 Å². The van der Waals surface area contributed by atoms with Crippen LogP contribution in [0.1, 0.15) is 46.6 Å². The summed E-state index contributed by atoms with van der Waals surface area (Å²) in [7, 11) is 0. The molecule has 1 atom stereocenters. The quantitative estimate of drug-likeness (QED) is 0.602. The molecule has 0 spiro atoms. The van der Waals surface area contributed by atoms with E-state index in [4.69, 9.17) is 10.5 Å². The highest BCUT2D eigenvalue weighted by atomic mass is 19.3. The lowest BCUT2D eigenvalue weighted by atomic mass is 9.94. The molecule has 0 unspecified atom stereocenters. The maximum Gasteiger partial charge on any atom is 0.265 e. The Kier molecular flexibility index (Phi) is 9.12. The predicted molar refractivity (Wildman–Crippen MR) is 122 cm³/mol. The molecule has 1 heterocycles. The van der Waals surface area contributed by atoms with Gasteiger partial charge in [0.25, 0.3) is 12.3 Å². The average molecular weight is 454 g/mol. The molecule has 1 aromatic rings. The van der Waals surface area contributed by atoms with E-state index in [1.165, 1.54) is 17.0 Å². The van der Waals surface area contributed by atoms with Crippen LogP contribution in [0.15, 0.2) is 18.2 Å². The van der Waals surface area contributed by atoms with Gasteiger partial charge in [-0.2, -0.15) is 0 Å². The third-order valence-electron chi connectivity index (χ3n) is 5.04. The van der Waals surface area contributed by atoms with Gasteiger partial charge in [0.1, 0.15) is 6.61 Å². The van der Waals surface area contributed by atoms with Gasteiger partial charge in [-0.15, -0.1) is 6.54 Å². The van der Waals surface area contributed by atoms with Crippen LogP contribution in [0.4, 0.5) is 20.2 Å². The van der Waals surface area contributed by atoms with Crippen LogP contribution in [0.3, 0.4) is 0 Å². The number of carbonyl (C=O) groups excluding carboxylic acids is 2. The van der Waals surface area contributed by atoms with Gasteiger partial charge in [0.15, 0.2) is 0 Å². The molecular weight excluding hydrogens is 418 g/mol. The zero-order chi connectivity index (χ0) is 24.1. The molecule has 2 rings (SSSR count). The van der Waals surface area contributed by atoms with Crippen molar-refractivity contribution in [1.82, 2.24) is 4.90 Å². The molecule has 2 N–H and O–H groups in total. The van der Waals surface area contributed by atoms with Gasteiger partial charge in [0.05, 0.1) is 12.6 Å². The number of halogens is 2. The van der Waals surface area contributed by atoms with Gasteiger partial charge in [-0.3, -0.25) is 14.5 Å². The van der Waals surface area contributed by atoms with Gasteiger partial charge < -0.3 is 20.7 Å². The Hall–Kier alpha value is -2.10. The summed E-state index contributed by atoms with van der Waals surface area (Å²) >= 11 is 0. The molecule has 180 valence electrons. The number of benzene rings is 1. The van der Waals surface area contributed by atoms with Crippen LogP contribution >= 0.6 is 0 Å². The predicted octanol–water partition coefficient (Wildman–Crippen LogP) is 4.35. The number of nitrogens with zero attached hydrogens (tertiary/aromatic N) is 2. The Balaban J connectivity index is 2.28. The highest BCUT2D eigenvalue weighted by molar-refractivity contribution is 5.98. The molecule has 0 saturated carbocycles. The van der Waals surface area contributed by atoms with Crippen LogP contribution < -0.4 is 10.2 Å². The average Bonchev–Trinajstić information content (AvgIpc) is 2.67. The normalized spacial score (nSPS) is 16.2. The first kappa shape index (κ1) is 26.2. The van der Waals surface area contributed by atoms with E-state index < -0.39 is 18.4 Å². The molecule has 1 saturated heterocycles. The summed E-state index contributed by atoms with van der Waals surface area (Å²) in [6.45, 7) is 11.8. The summed E-state index contributed by atoms with van der Waals surface area (Å²) in [6.07, 6.45) is -2.84. The molecule has 32 heavy (non-hydrogen) atoms. The van der Waals surface area contributed by atoms with E-state index in [2.05, 4.69) is 26.1 Å². The summed E-state index contributed by atoms with van der Waals surface area (Å²) in [5.74, 6) is -0.503. The highest BCUT2D eigenvalue weighted by Crippen LogP contribution is 2.32. The number of morpholine rings is 1. The second-order valence-corrected chi connectivity index (χ2v) is 9.76. The van der Waals surface area contributed by atoms with Crippen molar-refractivity contribution in [3.05, 3.63) is 29.5 Å². The van der Waals surface area contributed by atoms with E-state index in [-0.39, 0.29) is 48.2 Å². The topological polar surface area (TPSA) is 85.7 Å². The zero-order valence-electron chi connectivity index (χ0n) is 19.6. The van der Waals surface area contributed by atoms with Crippen molar-refractivity contribution in [2.24, 2.45) is 11.3 Å². The van der Waals surface area contributed by atoms with Crippen molar-refractivity contribution in [1.29, 1.82) is 0 Å². The molecule has 0 bridgehead atoms. The number of alkyl halides is 2. The number of hydrogen-bond acceptors (Lipinski definition) is 4. The van der Waals surface area contributed by atoms with Crippen molar-refractivity contribution in [2.45, 2.75) is 47.1 Å². The molecular formula is C23H35F2N4O3-. The SMILES string of the molecule is CC(C)CN(CC(C)(C)C)[C@H](C[NH-])C(=O)Nc1ccc(N2CCOCC2=O)cc1C(F)F. The minimum absolute atomic E-state index is 0.00633. The summed E-state index contributed by atoms with van der Waals surface area (Å²) in [5, 5.41) is 2.61. The van der Waals surface area contributed by atoms with Gasteiger partial charge in [0.2, 0.25) is 5.91 Å². The minimum Gasteiger partial charge on any atom is -0.676 e. The Morgan fingerprint density at radius 3 is 2.53 bits per heavy atom. The second kappa shape index (κ2) is 11.2. The lowest BCUT2D eigenvalue weighted by Gasteiger charge is -2.38. The van der Waals surface area contributed by atoms with Crippen molar-refractivity contribution in [3.8, 4) is 0 Å². The number of anilines is 2. The van der Waals surface area contributed by atoms with Crippen LogP contribution in [-0.2, 0) is 14.3 Å². The largest absolute Gasteiger partial charge is 0.676 e. The second-order valence-electron chi connectivity index (χ2n) is 9.76. The molecule has 0 radical (unpaired) electrons. The van der Waals surface area contributed by atoms with Gasteiger partial charge in [0, 0.05) is 36.6 Å². The molecule has 1 fully saturated rings. The van der Waals surface area contributed by atoms with Crippen LogP contribution in [0.25, 0.3) is 5.73 Å². The van der Waals surface area contributed by atoms with Gasteiger partial charge >= 0.3 is 0 Å². The Morgan fingerprint density at radius 2 is 2.00 bits per heavy atom. The van der Waals surface area contributed by atoms with Gasteiger partial charge in [-0.25, -0.2) is 8.78 Å². The molecule has 2 amide bonds. The molecule has 0 aromatic heterocycles. The first-order valence-corrected chi connectivity index (χ1v) is 10.9. The molecule has 1 aliphatic rings. The first-order valence-electron chi connectivity index (χ1n) is 10.9. The van der Waals surface area contributed by atoms with Crippen LogP contribution in [0, 0.1) is 11.3 Å². The third-order valence-corrected chi connectivity index (χ3v) is 5.04. The van der Waals surface area contributed by atoms with Crippen molar-refractivity contribution in [3.63, 3.8) is 0 Å². The summed E-state index contributed by atoms with van der Waals surface area (Å²) < 4.78 is 32.8. The molecule has 1 aliphatic heterocycles. The maximum absolute atomic E-state index is 13.8. The Labute approximate surface area is 189 Å². The van der Waals surface area contributed by atoms with Gasteiger partial charge in [-0.05, 0) is 29.5 Å². The summed E-state index contributed by atoms with van der Waals surface area (Å²) in [6, 6.07) is 3.42.